The number of benzene rings is 2. The molecule has 0 bridgehead atoms. The molecule has 110 valence electrons. The molecular formula is C14H12ClNO4S. The first-order valence-electron chi connectivity index (χ1n) is 5.87. The van der Waals surface area contributed by atoms with E-state index in [4.69, 9.17) is 16.7 Å². The van der Waals surface area contributed by atoms with E-state index in [1.165, 1.54) is 12.1 Å². The van der Waals surface area contributed by atoms with E-state index in [2.05, 4.69) is 4.72 Å². The van der Waals surface area contributed by atoms with E-state index >= 15 is 0 Å². The van der Waals surface area contributed by atoms with Crippen molar-refractivity contribution < 1.29 is 18.3 Å². The Morgan fingerprint density at radius 2 is 1.71 bits per heavy atom. The lowest BCUT2D eigenvalue weighted by Gasteiger charge is -2.07. The molecular weight excluding hydrogens is 314 g/mol. The molecule has 0 spiro atoms. The van der Waals surface area contributed by atoms with Crippen molar-refractivity contribution in [2.75, 3.05) is 11.0 Å². The van der Waals surface area contributed by atoms with Crippen molar-refractivity contribution in [3.8, 4) is 11.1 Å². The van der Waals surface area contributed by atoms with Crippen molar-refractivity contribution in [2.45, 2.75) is 0 Å². The minimum absolute atomic E-state index is 0.0934. The van der Waals surface area contributed by atoms with Crippen molar-refractivity contribution in [2.24, 2.45) is 0 Å². The summed E-state index contributed by atoms with van der Waals surface area (Å²) in [6.45, 7) is 0. The Bertz CT molecular complexity index is 785. The summed E-state index contributed by atoms with van der Waals surface area (Å²) in [4.78, 5) is 11.0. The van der Waals surface area contributed by atoms with E-state index in [1.54, 1.807) is 30.3 Å². The number of hydrogen-bond acceptors (Lipinski definition) is 3. The lowest BCUT2D eigenvalue weighted by atomic mass is 10.0. The highest BCUT2D eigenvalue weighted by molar-refractivity contribution is 7.92. The maximum absolute atomic E-state index is 11.1. The van der Waals surface area contributed by atoms with Crippen LogP contribution in [-0.2, 0) is 10.0 Å². The average Bonchev–Trinajstić information content (AvgIpc) is 2.37. The summed E-state index contributed by atoms with van der Waals surface area (Å²) in [5.41, 5.74) is 1.91. The van der Waals surface area contributed by atoms with Gasteiger partial charge in [0.15, 0.2) is 0 Å². The molecule has 0 aliphatic rings. The van der Waals surface area contributed by atoms with Crippen molar-refractivity contribution in [3.63, 3.8) is 0 Å². The van der Waals surface area contributed by atoms with Gasteiger partial charge in [-0.25, -0.2) is 13.2 Å². The first kappa shape index (κ1) is 15.3. The molecule has 2 aromatic carbocycles. The van der Waals surface area contributed by atoms with E-state index < -0.39 is 16.0 Å². The van der Waals surface area contributed by atoms with Gasteiger partial charge >= 0.3 is 5.97 Å². The standard InChI is InChI=1S/C14H12ClNO4S/c1-21(19,20)16-13-4-2-9(3-5-13)10-6-11(14(17)18)8-12(15)7-10/h2-8,16H,1H3,(H,17,18). The van der Waals surface area contributed by atoms with Gasteiger partial charge in [0.1, 0.15) is 0 Å². The molecule has 2 rings (SSSR count). The van der Waals surface area contributed by atoms with Gasteiger partial charge in [-0.3, -0.25) is 4.72 Å². The minimum atomic E-state index is -3.33. The second-order valence-electron chi connectivity index (χ2n) is 4.49. The molecule has 2 N–H and O–H groups in total. The van der Waals surface area contributed by atoms with E-state index in [0.717, 1.165) is 11.8 Å². The molecule has 0 heterocycles. The average molecular weight is 326 g/mol. The normalized spacial score (nSPS) is 11.1. The van der Waals surface area contributed by atoms with E-state index in [-0.39, 0.29) is 5.56 Å². The van der Waals surface area contributed by atoms with Gasteiger partial charge in [-0.1, -0.05) is 23.7 Å². The highest BCUT2D eigenvalue weighted by Gasteiger charge is 2.08. The summed E-state index contributed by atoms with van der Waals surface area (Å²) in [6.07, 6.45) is 1.07. The van der Waals surface area contributed by atoms with Crippen LogP contribution in [0.1, 0.15) is 10.4 Å². The Morgan fingerprint density at radius 1 is 1.10 bits per heavy atom. The molecule has 0 amide bonds. The molecule has 0 saturated carbocycles. The van der Waals surface area contributed by atoms with Crippen molar-refractivity contribution in [1.82, 2.24) is 0 Å². The topological polar surface area (TPSA) is 83.5 Å². The smallest absolute Gasteiger partial charge is 0.335 e. The molecule has 21 heavy (non-hydrogen) atoms. The molecule has 5 nitrogen and oxygen atoms in total. The molecule has 7 heteroatoms. The third kappa shape index (κ3) is 4.21. The SMILES string of the molecule is CS(=O)(=O)Nc1ccc(-c2cc(Cl)cc(C(=O)O)c2)cc1. The van der Waals surface area contributed by atoms with Crippen LogP contribution in [-0.4, -0.2) is 25.7 Å². The van der Waals surface area contributed by atoms with Crippen LogP contribution in [0.15, 0.2) is 42.5 Å². The maximum atomic E-state index is 11.1. The number of halogens is 1. The van der Waals surface area contributed by atoms with Gasteiger partial charge in [-0.2, -0.15) is 0 Å². The molecule has 0 radical (unpaired) electrons. The number of carboxylic acid groups (broad SMARTS) is 1. The quantitative estimate of drug-likeness (QED) is 0.904. The number of anilines is 1. The fraction of sp³-hybridized carbons (Fsp3) is 0.0714. The Kier molecular flexibility index (Phi) is 4.20. The van der Waals surface area contributed by atoms with Crippen LogP contribution in [0, 0.1) is 0 Å². The van der Waals surface area contributed by atoms with Gasteiger partial charge < -0.3 is 5.11 Å². The lowest BCUT2D eigenvalue weighted by Crippen LogP contribution is -2.09. The molecule has 0 aromatic heterocycles. The second-order valence-corrected chi connectivity index (χ2v) is 6.67. The molecule has 0 saturated heterocycles. The zero-order chi connectivity index (χ0) is 15.6. The fourth-order valence-electron chi connectivity index (χ4n) is 1.82. The van der Waals surface area contributed by atoms with E-state index in [1.807, 2.05) is 0 Å². The molecule has 2 aromatic rings. The molecule has 0 fully saturated rings. The highest BCUT2D eigenvalue weighted by Crippen LogP contribution is 2.26. The lowest BCUT2D eigenvalue weighted by molar-refractivity contribution is 0.0697. The van der Waals surface area contributed by atoms with Crippen molar-refractivity contribution in [1.29, 1.82) is 0 Å². The highest BCUT2D eigenvalue weighted by atomic mass is 35.5. The second kappa shape index (κ2) is 5.75. The Balaban J connectivity index is 2.37. The summed E-state index contributed by atoms with van der Waals surface area (Å²) >= 11 is 5.91. The predicted octanol–water partition coefficient (Wildman–Crippen LogP) is 3.08. The number of nitrogens with one attached hydrogen (secondary N) is 1. The largest absolute Gasteiger partial charge is 0.478 e. The molecule has 0 atom stereocenters. The van der Waals surface area contributed by atoms with Gasteiger partial charge in [0.2, 0.25) is 10.0 Å². The van der Waals surface area contributed by atoms with Gasteiger partial charge in [0, 0.05) is 10.7 Å². The number of sulfonamides is 1. The van der Waals surface area contributed by atoms with Gasteiger partial charge in [-0.15, -0.1) is 0 Å². The number of hydrogen-bond donors (Lipinski definition) is 2. The third-order valence-corrected chi connectivity index (χ3v) is 3.49. The summed E-state index contributed by atoms with van der Waals surface area (Å²) in [6, 6.07) is 11.1. The summed E-state index contributed by atoms with van der Waals surface area (Å²) < 4.78 is 24.6. The molecule has 0 aliphatic carbocycles. The number of rotatable bonds is 4. The summed E-state index contributed by atoms with van der Waals surface area (Å²) in [5.74, 6) is -1.06. The summed E-state index contributed by atoms with van der Waals surface area (Å²) in [7, 11) is -3.33. The molecule has 0 aliphatic heterocycles. The maximum Gasteiger partial charge on any atom is 0.335 e. The first-order valence-corrected chi connectivity index (χ1v) is 8.14. The molecule has 0 unspecified atom stereocenters. The van der Waals surface area contributed by atoms with Crippen LogP contribution in [0.4, 0.5) is 5.69 Å². The Hall–Kier alpha value is -2.05. The Labute approximate surface area is 127 Å². The van der Waals surface area contributed by atoms with E-state index in [9.17, 15) is 13.2 Å². The van der Waals surface area contributed by atoms with E-state index in [0.29, 0.717) is 16.3 Å². The van der Waals surface area contributed by atoms with Gasteiger partial charge in [0.05, 0.1) is 11.8 Å². The zero-order valence-corrected chi connectivity index (χ0v) is 12.6. The number of carboxylic acids is 1. The third-order valence-electron chi connectivity index (χ3n) is 2.67. The van der Waals surface area contributed by atoms with Crippen molar-refractivity contribution in [3.05, 3.63) is 53.1 Å². The van der Waals surface area contributed by atoms with Crippen LogP contribution in [0.2, 0.25) is 5.02 Å². The van der Waals surface area contributed by atoms with Crippen LogP contribution >= 0.6 is 11.6 Å². The summed E-state index contributed by atoms with van der Waals surface area (Å²) in [5, 5.41) is 9.34. The Morgan fingerprint density at radius 3 is 2.24 bits per heavy atom. The first-order chi connectivity index (χ1) is 9.74. The van der Waals surface area contributed by atoms with Gasteiger partial charge in [-0.05, 0) is 41.5 Å². The van der Waals surface area contributed by atoms with Crippen LogP contribution < -0.4 is 4.72 Å². The van der Waals surface area contributed by atoms with Crippen LogP contribution in [0.5, 0.6) is 0 Å². The monoisotopic (exact) mass is 325 g/mol. The van der Waals surface area contributed by atoms with Crippen LogP contribution in [0.3, 0.4) is 0 Å². The number of aromatic carboxylic acids is 1. The van der Waals surface area contributed by atoms with Crippen LogP contribution in [0.25, 0.3) is 11.1 Å². The minimum Gasteiger partial charge on any atom is -0.478 e. The predicted molar refractivity (Wildman–Crippen MR) is 82.3 cm³/mol. The van der Waals surface area contributed by atoms with Crippen molar-refractivity contribution >= 4 is 33.3 Å². The fourth-order valence-corrected chi connectivity index (χ4v) is 2.62. The number of carbonyl (C=O) groups is 1. The zero-order valence-electron chi connectivity index (χ0n) is 11.0. The van der Waals surface area contributed by atoms with Gasteiger partial charge in [0.25, 0.3) is 0 Å².